The number of nitrogens with one attached hydrogen (secondary N) is 1. The Labute approximate surface area is 140 Å². The van der Waals surface area contributed by atoms with E-state index in [0.29, 0.717) is 23.9 Å². The molecule has 3 rings (SSSR count). The Morgan fingerprint density at radius 1 is 1.29 bits per heavy atom. The lowest BCUT2D eigenvalue weighted by molar-refractivity contribution is -0.130. The Morgan fingerprint density at radius 3 is 2.79 bits per heavy atom. The Bertz CT molecular complexity index is 700. The molecular weight excluding hydrogens is 308 g/mol. The fourth-order valence-electron chi connectivity index (χ4n) is 2.28. The number of hydrogen-bond acceptors (Lipinski definition) is 5. The van der Waals surface area contributed by atoms with Crippen molar-refractivity contribution >= 4 is 5.91 Å². The molecule has 1 aromatic heterocycles. The number of carbonyl (C=O) groups excluding carboxylic acids is 1. The van der Waals surface area contributed by atoms with E-state index in [9.17, 15) is 4.79 Å². The van der Waals surface area contributed by atoms with Gasteiger partial charge < -0.3 is 19.5 Å². The molecule has 6 nitrogen and oxygen atoms in total. The normalized spacial score (nSPS) is 15.9. The van der Waals surface area contributed by atoms with Crippen molar-refractivity contribution in [2.75, 3.05) is 6.61 Å². The van der Waals surface area contributed by atoms with Gasteiger partial charge in [-0.15, -0.1) is 0 Å². The summed E-state index contributed by atoms with van der Waals surface area (Å²) >= 11 is 0. The summed E-state index contributed by atoms with van der Waals surface area (Å²) in [4.78, 5) is 16.4. The van der Waals surface area contributed by atoms with Gasteiger partial charge in [0.15, 0.2) is 11.5 Å². The van der Waals surface area contributed by atoms with Crippen LogP contribution in [-0.4, -0.2) is 29.7 Å². The van der Waals surface area contributed by atoms with Crippen LogP contribution in [0.1, 0.15) is 19.4 Å². The molecule has 1 N–H and O–H groups in total. The van der Waals surface area contributed by atoms with Crippen LogP contribution in [0.5, 0.6) is 17.4 Å². The first-order chi connectivity index (χ1) is 11.6. The average molecular weight is 328 g/mol. The second-order valence-electron chi connectivity index (χ2n) is 5.75. The third kappa shape index (κ3) is 3.95. The average Bonchev–Trinajstić information content (AvgIpc) is 2.60. The quantitative estimate of drug-likeness (QED) is 0.912. The molecular formula is C18H20N2O4. The molecule has 1 aliphatic rings. The van der Waals surface area contributed by atoms with Crippen molar-refractivity contribution in [3.8, 4) is 17.4 Å². The highest BCUT2D eigenvalue weighted by Gasteiger charge is 2.26. The summed E-state index contributed by atoms with van der Waals surface area (Å²) in [6.45, 7) is 4.46. The van der Waals surface area contributed by atoms with Gasteiger partial charge in [-0.2, -0.15) is 0 Å². The van der Waals surface area contributed by atoms with Gasteiger partial charge in [-0.3, -0.25) is 4.79 Å². The maximum absolute atomic E-state index is 12.2. The third-order valence-corrected chi connectivity index (χ3v) is 3.42. The highest BCUT2D eigenvalue weighted by molar-refractivity contribution is 5.81. The molecule has 0 saturated heterocycles. The Kier molecular flexibility index (Phi) is 4.84. The Hall–Kier alpha value is -2.76. The summed E-state index contributed by atoms with van der Waals surface area (Å²) in [5.41, 5.74) is 0.886. The number of nitrogens with zero attached hydrogens (tertiary/aromatic N) is 1. The lowest BCUT2D eigenvalue weighted by Gasteiger charge is -2.25. The molecule has 0 fully saturated rings. The lowest BCUT2D eigenvalue weighted by Crippen LogP contribution is -2.43. The highest BCUT2D eigenvalue weighted by atomic mass is 16.6. The van der Waals surface area contributed by atoms with Crippen molar-refractivity contribution in [2.45, 2.75) is 32.6 Å². The standard InChI is InChI=1S/C18H20N2O4/c1-12(2)23-17-8-7-13(9-19-17)10-20-18(21)16-11-22-14-5-3-4-6-15(14)24-16/h3-9,12,16H,10-11H2,1-2H3,(H,20,21)/t16-/m0/s1. The molecule has 24 heavy (non-hydrogen) atoms. The third-order valence-electron chi connectivity index (χ3n) is 3.42. The fourth-order valence-corrected chi connectivity index (χ4v) is 2.28. The van der Waals surface area contributed by atoms with Crippen molar-refractivity contribution in [1.29, 1.82) is 0 Å². The van der Waals surface area contributed by atoms with Crippen molar-refractivity contribution in [2.24, 2.45) is 0 Å². The van der Waals surface area contributed by atoms with Crippen molar-refractivity contribution in [3.05, 3.63) is 48.2 Å². The maximum Gasteiger partial charge on any atom is 0.264 e. The van der Waals surface area contributed by atoms with Crippen LogP contribution >= 0.6 is 0 Å². The van der Waals surface area contributed by atoms with Gasteiger partial charge in [-0.1, -0.05) is 18.2 Å². The number of aromatic nitrogens is 1. The highest BCUT2D eigenvalue weighted by Crippen LogP contribution is 2.30. The fraction of sp³-hybridized carbons (Fsp3) is 0.333. The lowest BCUT2D eigenvalue weighted by atomic mass is 10.2. The van der Waals surface area contributed by atoms with Crippen LogP contribution in [-0.2, 0) is 11.3 Å². The zero-order valence-corrected chi connectivity index (χ0v) is 13.7. The van der Waals surface area contributed by atoms with Crippen molar-refractivity contribution < 1.29 is 19.0 Å². The second kappa shape index (κ2) is 7.21. The molecule has 1 amide bonds. The van der Waals surface area contributed by atoms with Gasteiger partial charge in [0.1, 0.15) is 6.61 Å². The first kappa shape index (κ1) is 16.1. The van der Waals surface area contributed by atoms with E-state index in [1.54, 1.807) is 18.3 Å². The molecule has 0 spiro atoms. The van der Waals surface area contributed by atoms with Gasteiger partial charge in [-0.05, 0) is 31.5 Å². The van der Waals surface area contributed by atoms with Crippen molar-refractivity contribution in [3.63, 3.8) is 0 Å². The van der Waals surface area contributed by atoms with Crippen molar-refractivity contribution in [1.82, 2.24) is 10.3 Å². The van der Waals surface area contributed by atoms with E-state index in [2.05, 4.69) is 10.3 Å². The number of pyridine rings is 1. The molecule has 1 atom stereocenters. The maximum atomic E-state index is 12.2. The topological polar surface area (TPSA) is 69.7 Å². The molecule has 0 radical (unpaired) electrons. The van der Waals surface area contributed by atoms with Gasteiger partial charge in [-0.25, -0.2) is 4.98 Å². The van der Waals surface area contributed by atoms with Gasteiger partial charge in [0, 0.05) is 18.8 Å². The monoisotopic (exact) mass is 328 g/mol. The predicted molar refractivity (Wildman–Crippen MR) is 88.2 cm³/mol. The molecule has 0 bridgehead atoms. The van der Waals surface area contributed by atoms with Crippen LogP contribution in [0.3, 0.4) is 0 Å². The number of carbonyl (C=O) groups is 1. The van der Waals surface area contributed by atoms with E-state index in [0.717, 1.165) is 5.56 Å². The number of fused-ring (bicyclic) bond motifs is 1. The van der Waals surface area contributed by atoms with E-state index in [1.165, 1.54) is 0 Å². The van der Waals surface area contributed by atoms with E-state index in [-0.39, 0.29) is 18.6 Å². The molecule has 0 unspecified atom stereocenters. The first-order valence-corrected chi connectivity index (χ1v) is 7.89. The van der Waals surface area contributed by atoms with E-state index < -0.39 is 6.10 Å². The zero-order chi connectivity index (χ0) is 16.9. The van der Waals surface area contributed by atoms with E-state index in [1.807, 2.05) is 38.1 Å². The molecule has 2 heterocycles. The van der Waals surface area contributed by atoms with Gasteiger partial charge in [0.25, 0.3) is 5.91 Å². The molecule has 2 aromatic rings. The van der Waals surface area contributed by atoms with Gasteiger partial charge in [0.05, 0.1) is 6.10 Å². The molecule has 1 aromatic carbocycles. The number of rotatable bonds is 5. The summed E-state index contributed by atoms with van der Waals surface area (Å²) < 4.78 is 16.7. The van der Waals surface area contributed by atoms with Crippen LogP contribution in [0.15, 0.2) is 42.6 Å². The second-order valence-corrected chi connectivity index (χ2v) is 5.75. The smallest absolute Gasteiger partial charge is 0.264 e. The summed E-state index contributed by atoms with van der Waals surface area (Å²) in [5, 5.41) is 2.83. The summed E-state index contributed by atoms with van der Waals surface area (Å²) in [5.74, 6) is 1.60. The summed E-state index contributed by atoms with van der Waals surface area (Å²) in [7, 11) is 0. The Balaban J connectivity index is 1.53. The van der Waals surface area contributed by atoms with E-state index >= 15 is 0 Å². The predicted octanol–water partition coefficient (Wildman–Crippen LogP) is 2.33. The molecule has 126 valence electrons. The first-order valence-electron chi connectivity index (χ1n) is 7.89. The minimum atomic E-state index is -0.656. The van der Waals surface area contributed by atoms with Gasteiger partial charge >= 0.3 is 0 Å². The van der Waals surface area contributed by atoms with Gasteiger partial charge in [0.2, 0.25) is 12.0 Å². The number of ether oxygens (including phenoxy) is 3. The molecule has 0 saturated carbocycles. The SMILES string of the molecule is CC(C)Oc1ccc(CNC(=O)[C@@H]2COc3ccccc3O2)cn1. The molecule has 0 aliphatic carbocycles. The number of hydrogen-bond donors (Lipinski definition) is 1. The molecule has 1 aliphatic heterocycles. The van der Waals surface area contributed by atoms with E-state index in [4.69, 9.17) is 14.2 Å². The number of para-hydroxylation sites is 2. The number of benzene rings is 1. The van der Waals surface area contributed by atoms with Crippen LogP contribution in [0, 0.1) is 0 Å². The summed E-state index contributed by atoms with van der Waals surface area (Å²) in [6, 6.07) is 11.0. The van der Waals surface area contributed by atoms with Crippen LogP contribution in [0.4, 0.5) is 0 Å². The largest absolute Gasteiger partial charge is 0.485 e. The minimum Gasteiger partial charge on any atom is -0.485 e. The van der Waals surface area contributed by atoms with Crippen LogP contribution in [0.25, 0.3) is 0 Å². The summed E-state index contributed by atoms with van der Waals surface area (Å²) in [6.07, 6.45) is 1.11. The zero-order valence-electron chi connectivity index (χ0n) is 13.7. The van der Waals surface area contributed by atoms with Crippen LogP contribution < -0.4 is 19.5 Å². The van der Waals surface area contributed by atoms with Crippen LogP contribution in [0.2, 0.25) is 0 Å². The number of amides is 1. The minimum absolute atomic E-state index is 0.0781. The Morgan fingerprint density at radius 2 is 2.08 bits per heavy atom. The molecule has 6 heteroatoms.